The molecule has 5 heterocycles. The summed E-state index contributed by atoms with van der Waals surface area (Å²) in [6.07, 6.45) is 0.933. The monoisotopic (exact) mass is 529 g/mol. The van der Waals surface area contributed by atoms with Gasteiger partial charge in [0.1, 0.15) is 12.1 Å². The Kier molecular flexibility index (Phi) is 6.37. The summed E-state index contributed by atoms with van der Waals surface area (Å²) in [5, 5.41) is 16.4. The Hall–Kier alpha value is -3.60. The van der Waals surface area contributed by atoms with Gasteiger partial charge >= 0.3 is 12.1 Å². The minimum absolute atomic E-state index is 0.159. The van der Waals surface area contributed by atoms with Crippen molar-refractivity contribution in [1.29, 1.82) is 0 Å². The standard InChI is InChI=1S/C25H29N5O.C2HF3O2/c1-14(2)22-17-9-19-21(31-12-25(19)5-7-26-8-6-25)10-20(17)29-23(22)18-11-30-24(27-13-28-30)16(4)15(18)3;3-2(4,5)1(6)7/h9-11,13-14,26,29H,5-8,12H2,1-4H3;(H,6,7). The van der Waals surface area contributed by atoms with Crippen molar-refractivity contribution in [2.75, 3.05) is 19.7 Å². The number of alkyl halides is 3. The van der Waals surface area contributed by atoms with Crippen LogP contribution in [-0.4, -0.2) is 56.5 Å². The zero-order valence-corrected chi connectivity index (χ0v) is 21.7. The van der Waals surface area contributed by atoms with E-state index < -0.39 is 12.1 Å². The molecule has 11 heteroatoms. The highest BCUT2D eigenvalue weighted by molar-refractivity contribution is 5.94. The lowest BCUT2D eigenvalue weighted by molar-refractivity contribution is -0.192. The number of hydrogen-bond donors (Lipinski definition) is 3. The number of nitrogens with zero attached hydrogens (tertiary/aromatic N) is 3. The van der Waals surface area contributed by atoms with E-state index in [1.54, 1.807) is 6.33 Å². The summed E-state index contributed by atoms with van der Waals surface area (Å²) in [4.78, 5) is 17.1. The Balaban J connectivity index is 0.000000374. The van der Waals surface area contributed by atoms with Crippen molar-refractivity contribution in [1.82, 2.24) is 24.9 Å². The van der Waals surface area contributed by atoms with Crippen molar-refractivity contribution < 1.29 is 27.8 Å². The van der Waals surface area contributed by atoms with Crippen LogP contribution in [0.3, 0.4) is 0 Å². The number of rotatable bonds is 2. The smallest absolute Gasteiger partial charge is 0.490 e. The predicted molar refractivity (Wildman–Crippen MR) is 137 cm³/mol. The van der Waals surface area contributed by atoms with E-state index in [0.717, 1.165) is 49.5 Å². The predicted octanol–water partition coefficient (Wildman–Crippen LogP) is 5.26. The summed E-state index contributed by atoms with van der Waals surface area (Å²) in [5.74, 6) is -1.32. The number of ether oxygens (including phenoxy) is 1. The summed E-state index contributed by atoms with van der Waals surface area (Å²) >= 11 is 0. The van der Waals surface area contributed by atoms with Gasteiger partial charge in [0.25, 0.3) is 0 Å². The number of piperidine rings is 1. The molecule has 2 aliphatic heterocycles. The van der Waals surface area contributed by atoms with E-state index in [9.17, 15) is 13.2 Å². The minimum Gasteiger partial charge on any atom is -0.492 e. The quantitative estimate of drug-likeness (QED) is 0.327. The van der Waals surface area contributed by atoms with Gasteiger partial charge in [-0.15, -0.1) is 0 Å². The highest BCUT2D eigenvalue weighted by Gasteiger charge is 2.42. The fraction of sp³-hybridized carbons (Fsp3) is 0.444. The molecule has 38 heavy (non-hydrogen) atoms. The van der Waals surface area contributed by atoms with Crippen LogP contribution < -0.4 is 10.1 Å². The van der Waals surface area contributed by atoms with Gasteiger partial charge in [0.2, 0.25) is 0 Å². The number of aromatic amines is 1. The Morgan fingerprint density at radius 2 is 1.87 bits per heavy atom. The van der Waals surface area contributed by atoms with E-state index in [0.29, 0.717) is 5.92 Å². The van der Waals surface area contributed by atoms with Crippen LogP contribution in [0.2, 0.25) is 0 Å². The lowest BCUT2D eigenvalue weighted by atomic mass is 9.74. The van der Waals surface area contributed by atoms with Gasteiger partial charge < -0.3 is 20.1 Å². The molecule has 0 amide bonds. The van der Waals surface area contributed by atoms with Gasteiger partial charge in [-0.1, -0.05) is 13.8 Å². The number of fused-ring (bicyclic) bond motifs is 4. The molecule has 3 aromatic heterocycles. The Morgan fingerprint density at radius 3 is 2.50 bits per heavy atom. The number of halogens is 3. The van der Waals surface area contributed by atoms with Gasteiger partial charge in [0, 0.05) is 39.7 Å². The van der Waals surface area contributed by atoms with E-state index >= 15 is 0 Å². The van der Waals surface area contributed by atoms with Gasteiger partial charge in [-0.2, -0.15) is 18.3 Å². The minimum atomic E-state index is -5.08. The number of benzene rings is 1. The van der Waals surface area contributed by atoms with Gasteiger partial charge in [0.05, 0.1) is 12.3 Å². The number of nitrogens with one attached hydrogen (secondary N) is 2. The van der Waals surface area contributed by atoms with Crippen molar-refractivity contribution in [3.8, 4) is 17.0 Å². The number of carbonyl (C=O) groups is 1. The summed E-state index contributed by atoms with van der Waals surface area (Å²) < 4.78 is 39.9. The molecule has 2 aliphatic rings. The molecule has 0 aliphatic carbocycles. The number of carboxylic acid groups (broad SMARTS) is 1. The maximum absolute atomic E-state index is 10.6. The van der Waals surface area contributed by atoms with E-state index in [1.165, 1.54) is 38.9 Å². The third kappa shape index (κ3) is 4.28. The lowest BCUT2D eigenvalue weighted by Crippen LogP contribution is -2.40. The molecule has 0 atom stereocenters. The molecule has 1 saturated heterocycles. The second-order valence-electron chi connectivity index (χ2n) is 10.4. The summed E-state index contributed by atoms with van der Waals surface area (Å²) in [7, 11) is 0. The highest BCUT2D eigenvalue weighted by atomic mass is 19.4. The van der Waals surface area contributed by atoms with Gasteiger partial charge in [-0.3, -0.25) is 0 Å². The molecule has 202 valence electrons. The SMILES string of the molecule is Cc1c(-c2[nH]c3cc4c(cc3c2C(C)C)C2(CCNCC2)CO4)cn2ncnc2c1C.O=C(O)C(F)(F)F. The van der Waals surface area contributed by atoms with Crippen LogP contribution in [0.5, 0.6) is 5.75 Å². The third-order valence-electron chi connectivity index (χ3n) is 7.79. The van der Waals surface area contributed by atoms with Crippen LogP contribution in [0.1, 0.15) is 54.9 Å². The van der Waals surface area contributed by atoms with Gasteiger partial charge in [-0.05, 0) is 68.5 Å². The molecule has 1 fully saturated rings. The number of aliphatic carboxylic acids is 1. The molecule has 6 rings (SSSR count). The normalized spacial score (nSPS) is 16.5. The molecule has 4 aromatic rings. The van der Waals surface area contributed by atoms with Crippen molar-refractivity contribution in [2.45, 2.75) is 58.0 Å². The zero-order valence-electron chi connectivity index (χ0n) is 21.7. The maximum Gasteiger partial charge on any atom is 0.490 e. The molecule has 0 unspecified atom stereocenters. The molecule has 8 nitrogen and oxygen atoms in total. The Labute approximate surface area is 217 Å². The van der Waals surface area contributed by atoms with Crippen LogP contribution >= 0.6 is 0 Å². The van der Waals surface area contributed by atoms with Crippen LogP contribution in [0, 0.1) is 13.8 Å². The first-order valence-electron chi connectivity index (χ1n) is 12.6. The van der Waals surface area contributed by atoms with Gasteiger partial charge in [-0.25, -0.2) is 14.3 Å². The number of H-pyrrole nitrogens is 1. The van der Waals surface area contributed by atoms with Crippen molar-refractivity contribution in [3.63, 3.8) is 0 Å². The molecule has 1 aromatic carbocycles. The van der Waals surface area contributed by atoms with Crippen molar-refractivity contribution >= 4 is 22.5 Å². The summed E-state index contributed by atoms with van der Waals surface area (Å²) in [5.41, 5.74) is 9.79. The first kappa shape index (κ1) is 26.0. The molecule has 0 bridgehead atoms. The zero-order chi connectivity index (χ0) is 27.4. The Morgan fingerprint density at radius 1 is 1.18 bits per heavy atom. The first-order valence-corrected chi connectivity index (χ1v) is 12.6. The van der Waals surface area contributed by atoms with Crippen LogP contribution in [0.4, 0.5) is 13.2 Å². The van der Waals surface area contributed by atoms with Crippen LogP contribution in [0.25, 0.3) is 27.8 Å². The average molecular weight is 530 g/mol. The van der Waals surface area contributed by atoms with E-state index in [4.69, 9.17) is 14.6 Å². The number of hydrogen-bond acceptors (Lipinski definition) is 5. The van der Waals surface area contributed by atoms with E-state index in [2.05, 4.69) is 66.4 Å². The number of carboxylic acids is 1. The molecular formula is C27H30F3N5O3. The number of aromatic nitrogens is 4. The highest BCUT2D eigenvalue weighted by Crippen LogP contribution is 2.48. The molecular weight excluding hydrogens is 499 g/mol. The third-order valence-corrected chi connectivity index (χ3v) is 7.79. The fourth-order valence-corrected chi connectivity index (χ4v) is 5.66. The molecule has 0 radical (unpaired) electrons. The lowest BCUT2D eigenvalue weighted by Gasteiger charge is -2.32. The fourth-order valence-electron chi connectivity index (χ4n) is 5.66. The number of aryl methyl sites for hydroxylation is 1. The molecule has 3 N–H and O–H groups in total. The Bertz CT molecular complexity index is 1530. The number of pyridine rings is 1. The second-order valence-corrected chi connectivity index (χ2v) is 10.4. The van der Waals surface area contributed by atoms with E-state index in [-0.39, 0.29) is 5.41 Å². The molecule has 1 spiro atoms. The van der Waals surface area contributed by atoms with E-state index in [1.807, 2.05) is 4.52 Å². The molecule has 0 saturated carbocycles. The van der Waals surface area contributed by atoms with Crippen molar-refractivity contribution in [3.05, 3.63) is 46.9 Å². The largest absolute Gasteiger partial charge is 0.492 e. The second kappa shape index (κ2) is 9.30. The maximum atomic E-state index is 10.6. The van der Waals surface area contributed by atoms with Crippen molar-refractivity contribution in [2.24, 2.45) is 0 Å². The average Bonchev–Trinajstić information content (AvgIpc) is 3.56. The van der Waals surface area contributed by atoms with Gasteiger partial charge in [0.15, 0.2) is 5.65 Å². The first-order chi connectivity index (χ1) is 17.9. The van der Waals surface area contributed by atoms with Crippen LogP contribution in [0.15, 0.2) is 24.7 Å². The summed E-state index contributed by atoms with van der Waals surface area (Å²) in [6.45, 7) is 11.8. The van der Waals surface area contributed by atoms with Crippen LogP contribution in [-0.2, 0) is 10.2 Å². The topological polar surface area (TPSA) is 105 Å². The summed E-state index contributed by atoms with van der Waals surface area (Å²) in [6, 6.07) is 4.65.